The molecule has 1 aliphatic heterocycles. The zero-order chi connectivity index (χ0) is 11.5. The molecule has 1 rings (SSSR count). The van der Waals surface area contributed by atoms with Crippen molar-refractivity contribution >= 4 is 0 Å². The first-order valence-corrected chi connectivity index (χ1v) is 5.99. The molecule has 0 aromatic carbocycles. The van der Waals surface area contributed by atoms with Gasteiger partial charge in [-0.25, -0.2) is 0 Å². The number of rotatable bonds is 4. The number of hydrogen-bond acceptors (Lipinski definition) is 3. The van der Waals surface area contributed by atoms with Crippen LogP contribution in [0.15, 0.2) is 0 Å². The quantitative estimate of drug-likeness (QED) is 0.773. The monoisotopic (exact) mass is 214 g/mol. The van der Waals surface area contributed by atoms with Crippen molar-refractivity contribution in [1.82, 2.24) is 4.90 Å². The molecule has 90 valence electrons. The van der Waals surface area contributed by atoms with Crippen LogP contribution >= 0.6 is 0 Å². The molecule has 0 aliphatic carbocycles. The predicted molar refractivity (Wildman–Crippen MR) is 64.0 cm³/mol. The van der Waals surface area contributed by atoms with E-state index in [9.17, 15) is 0 Å². The molecule has 0 amide bonds. The van der Waals surface area contributed by atoms with Crippen LogP contribution in [-0.4, -0.2) is 42.3 Å². The minimum atomic E-state index is -0.0661. The van der Waals surface area contributed by atoms with Crippen molar-refractivity contribution in [1.29, 1.82) is 0 Å². The molecule has 0 aromatic heterocycles. The Morgan fingerprint density at radius 2 is 2.13 bits per heavy atom. The summed E-state index contributed by atoms with van der Waals surface area (Å²) in [5.74, 6) is 0. The summed E-state index contributed by atoms with van der Waals surface area (Å²) in [6.45, 7) is 12.4. The molecule has 0 bridgehead atoms. The Morgan fingerprint density at radius 3 is 2.67 bits per heavy atom. The Bertz CT molecular complexity index is 202. The average Bonchev–Trinajstić information content (AvgIpc) is 2.08. The third-order valence-corrected chi connectivity index (χ3v) is 3.19. The van der Waals surface area contributed by atoms with Gasteiger partial charge in [0.15, 0.2) is 0 Å². The Kier molecular flexibility index (Phi) is 4.15. The summed E-state index contributed by atoms with van der Waals surface area (Å²) in [5, 5.41) is 0. The maximum Gasteiger partial charge on any atom is 0.0645 e. The van der Waals surface area contributed by atoms with Crippen molar-refractivity contribution in [3.63, 3.8) is 0 Å². The SMILES string of the molecule is CCCC(C)(N)CN1CCOCC1(C)C. The summed E-state index contributed by atoms with van der Waals surface area (Å²) in [4.78, 5) is 2.46. The number of nitrogens with two attached hydrogens (primary N) is 1. The van der Waals surface area contributed by atoms with E-state index < -0.39 is 0 Å². The van der Waals surface area contributed by atoms with Crippen molar-refractivity contribution in [3.8, 4) is 0 Å². The second kappa shape index (κ2) is 4.81. The third-order valence-electron chi connectivity index (χ3n) is 3.19. The molecule has 1 aliphatic rings. The highest BCUT2D eigenvalue weighted by Gasteiger charge is 2.34. The maximum atomic E-state index is 6.30. The summed E-state index contributed by atoms with van der Waals surface area (Å²) < 4.78 is 5.51. The molecule has 3 nitrogen and oxygen atoms in total. The Balaban J connectivity index is 2.55. The van der Waals surface area contributed by atoms with E-state index in [0.717, 1.165) is 39.1 Å². The van der Waals surface area contributed by atoms with Gasteiger partial charge in [-0.3, -0.25) is 4.90 Å². The molecule has 1 heterocycles. The van der Waals surface area contributed by atoms with Crippen molar-refractivity contribution in [3.05, 3.63) is 0 Å². The molecule has 3 heteroatoms. The highest BCUT2D eigenvalue weighted by molar-refractivity contribution is 4.91. The minimum Gasteiger partial charge on any atom is -0.378 e. The van der Waals surface area contributed by atoms with E-state index >= 15 is 0 Å². The van der Waals surface area contributed by atoms with Gasteiger partial charge in [0, 0.05) is 24.2 Å². The van der Waals surface area contributed by atoms with E-state index in [2.05, 4.69) is 32.6 Å². The third kappa shape index (κ3) is 3.74. The van der Waals surface area contributed by atoms with Crippen LogP contribution in [0.25, 0.3) is 0 Å². The summed E-state index contributed by atoms with van der Waals surface area (Å²) in [6, 6.07) is 0. The molecule has 1 fully saturated rings. The first kappa shape index (κ1) is 12.9. The smallest absolute Gasteiger partial charge is 0.0645 e. The molecule has 0 spiro atoms. The van der Waals surface area contributed by atoms with E-state index in [-0.39, 0.29) is 11.1 Å². The standard InChI is InChI=1S/C12H26N2O/c1-5-6-12(4,13)9-14-7-8-15-10-11(14,2)3/h5-10,13H2,1-4H3. The predicted octanol–water partition coefficient (Wildman–Crippen LogP) is 1.61. The van der Waals surface area contributed by atoms with Crippen LogP contribution in [0, 0.1) is 0 Å². The largest absolute Gasteiger partial charge is 0.378 e. The lowest BCUT2D eigenvalue weighted by molar-refractivity contribution is -0.0589. The van der Waals surface area contributed by atoms with Gasteiger partial charge in [-0.05, 0) is 27.2 Å². The van der Waals surface area contributed by atoms with Gasteiger partial charge >= 0.3 is 0 Å². The van der Waals surface area contributed by atoms with E-state index in [0.29, 0.717) is 0 Å². The van der Waals surface area contributed by atoms with Gasteiger partial charge in [0.2, 0.25) is 0 Å². The maximum absolute atomic E-state index is 6.30. The average molecular weight is 214 g/mol. The Labute approximate surface area is 94.0 Å². The van der Waals surface area contributed by atoms with Gasteiger partial charge in [-0.15, -0.1) is 0 Å². The van der Waals surface area contributed by atoms with E-state index in [1.165, 1.54) is 0 Å². The first-order valence-electron chi connectivity index (χ1n) is 5.99. The number of morpholine rings is 1. The van der Waals surface area contributed by atoms with Crippen LogP contribution in [0.4, 0.5) is 0 Å². The fourth-order valence-electron chi connectivity index (χ4n) is 2.27. The molecule has 1 unspecified atom stereocenters. The first-order chi connectivity index (χ1) is 6.87. The molecule has 0 saturated carbocycles. The van der Waals surface area contributed by atoms with Crippen molar-refractivity contribution < 1.29 is 4.74 Å². The second-order valence-electron chi connectivity index (χ2n) is 5.69. The lowest BCUT2D eigenvalue weighted by Gasteiger charge is -2.45. The zero-order valence-corrected chi connectivity index (χ0v) is 10.7. The van der Waals surface area contributed by atoms with Crippen molar-refractivity contribution in [2.75, 3.05) is 26.3 Å². The molecule has 1 atom stereocenters. The molecular formula is C12H26N2O. The van der Waals surface area contributed by atoms with Gasteiger partial charge in [-0.2, -0.15) is 0 Å². The van der Waals surface area contributed by atoms with Crippen molar-refractivity contribution in [2.24, 2.45) is 5.73 Å². The molecule has 0 radical (unpaired) electrons. The molecule has 1 saturated heterocycles. The summed E-state index contributed by atoms with van der Waals surface area (Å²) in [7, 11) is 0. The van der Waals surface area contributed by atoms with Crippen LogP contribution in [-0.2, 0) is 4.74 Å². The summed E-state index contributed by atoms with van der Waals surface area (Å²) >= 11 is 0. The van der Waals surface area contributed by atoms with E-state index in [1.54, 1.807) is 0 Å². The van der Waals surface area contributed by atoms with Crippen LogP contribution in [0.5, 0.6) is 0 Å². The van der Waals surface area contributed by atoms with Crippen LogP contribution in [0.2, 0.25) is 0 Å². The topological polar surface area (TPSA) is 38.5 Å². The van der Waals surface area contributed by atoms with Gasteiger partial charge in [0.1, 0.15) is 0 Å². The fourth-order valence-corrected chi connectivity index (χ4v) is 2.27. The number of ether oxygens (including phenoxy) is 1. The number of nitrogens with zero attached hydrogens (tertiary/aromatic N) is 1. The molecule has 0 aromatic rings. The lowest BCUT2D eigenvalue weighted by atomic mass is 9.93. The van der Waals surface area contributed by atoms with Gasteiger partial charge in [-0.1, -0.05) is 13.3 Å². The molecule has 15 heavy (non-hydrogen) atoms. The molecule has 2 N–H and O–H groups in total. The van der Waals surface area contributed by atoms with Gasteiger partial charge < -0.3 is 10.5 Å². The number of hydrogen-bond donors (Lipinski definition) is 1. The highest BCUT2D eigenvalue weighted by Crippen LogP contribution is 2.22. The zero-order valence-electron chi connectivity index (χ0n) is 10.7. The minimum absolute atomic E-state index is 0.0661. The Hall–Kier alpha value is -0.120. The lowest BCUT2D eigenvalue weighted by Crippen LogP contribution is -2.59. The van der Waals surface area contributed by atoms with Crippen molar-refractivity contribution in [2.45, 2.75) is 51.6 Å². The van der Waals surface area contributed by atoms with Gasteiger partial charge in [0.25, 0.3) is 0 Å². The van der Waals surface area contributed by atoms with Crippen LogP contribution in [0.3, 0.4) is 0 Å². The normalized spacial score (nSPS) is 26.2. The highest BCUT2D eigenvalue weighted by atomic mass is 16.5. The second-order valence-corrected chi connectivity index (χ2v) is 5.69. The van der Waals surface area contributed by atoms with E-state index in [4.69, 9.17) is 10.5 Å². The van der Waals surface area contributed by atoms with E-state index in [1.807, 2.05) is 0 Å². The fraction of sp³-hybridized carbons (Fsp3) is 1.00. The Morgan fingerprint density at radius 1 is 1.47 bits per heavy atom. The summed E-state index contributed by atoms with van der Waals surface area (Å²) in [6.07, 6.45) is 2.23. The van der Waals surface area contributed by atoms with Crippen LogP contribution in [0.1, 0.15) is 40.5 Å². The summed E-state index contributed by atoms with van der Waals surface area (Å²) in [5.41, 5.74) is 6.36. The molecular weight excluding hydrogens is 188 g/mol. The van der Waals surface area contributed by atoms with Crippen LogP contribution < -0.4 is 5.73 Å². The van der Waals surface area contributed by atoms with Gasteiger partial charge in [0.05, 0.1) is 13.2 Å².